The molecular weight excluding hydrogens is 322 g/mol. The number of anilines is 1. The second kappa shape index (κ2) is 6.80. The lowest BCUT2D eigenvalue weighted by molar-refractivity contribution is -0.119. The Morgan fingerprint density at radius 1 is 1.12 bits per heavy atom. The average Bonchev–Trinajstić information content (AvgIpc) is 2.94. The summed E-state index contributed by atoms with van der Waals surface area (Å²) in [6, 6.07) is 13.1. The van der Waals surface area contributed by atoms with Crippen LogP contribution in [0.1, 0.15) is 28.4 Å². The Hall–Kier alpha value is -2.73. The number of rotatable bonds is 4. The highest BCUT2D eigenvalue weighted by Crippen LogP contribution is 2.27. The van der Waals surface area contributed by atoms with Gasteiger partial charge in [-0.3, -0.25) is 14.9 Å². The Kier molecular flexibility index (Phi) is 4.57. The summed E-state index contributed by atoms with van der Waals surface area (Å²) >= 11 is 1.46. The van der Waals surface area contributed by atoms with Gasteiger partial charge >= 0.3 is 0 Å². The Morgan fingerprint density at radius 3 is 2.58 bits per heavy atom. The number of carbonyl (C=O) groups excluding carboxylic acids is 2. The fourth-order valence-corrected chi connectivity index (χ4v) is 3.21. The summed E-state index contributed by atoms with van der Waals surface area (Å²) in [4.78, 5) is 27.7. The average molecular weight is 339 g/mol. The Labute approximate surface area is 143 Å². The van der Waals surface area contributed by atoms with Gasteiger partial charge in [-0.25, -0.2) is 4.98 Å². The number of nitrogens with zero attached hydrogens (tertiary/aromatic N) is 1. The second-order valence-electron chi connectivity index (χ2n) is 5.55. The lowest BCUT2D eigenvalue weighted by Gasteiger charge is -2.05. The highest BCUT2D eigenvalue weighted by atomic mass is 32.1. The van der Waals surface area contributed by atoms with Gasteiger partial charge in [0.2, 0.25) is 5.91 Å². The molecule has 24 heavy (non-hydrogen) atoms. The topological polar surface area (TPSA) is 71.1 Å². The van der Waals surface area contributed by atoms with Crippen LogP contribution in [0.15, 0.2) is 42.5 Å². The lowest BCUT2D eigenvalue weighted by atomic mass is 10.1. The Bertz CT molecular complexity index is 900. The fraction of sp³-hybridized carbons (Fsp3) is 0.167. The van der Waals surface area contributed by atoms with E-state index in [2.05, 4.69) is 21.7 Å². The van der Waals surface area contributed by atoms with Crippen molar-refractivity contribution in [3.63, 3.8) is 0 Å². The van der Waals surface area contributed by atoms with Crippen LogP contribution in [-0.4, -0.2) is 16.8 Å². The molecule has 122 valence electrons. The van der Waals surface area contributed by atoms with Gasteiger partial charge in [0.15, 0.2) is 5.13 Å². The summed E-state index contributed by atoms with van der Waals surface area (Å²) in [5, 5.41) is 6.14. The van der Waals surface area contributed by atoms with Crippen LogP contribution in [0.3, 0.4) is 0 Å². The normalized spacial score (nSPS) is 10.6. The van der Waals surface area contributed by atoms with Gasteiger partial charge in [-0.2, -0.15) is 0 Å². The van der Waals surface area contributed by atoms with E-state index in [1.807, 2.05) is 31.2 Å². The van der Waals surface area contributed by atoms with Crippen molar-refractivity contribution in [2.45, 2.75) is 20.4 Å². The molecular formula is C18H17N3O2S. The Balaban J connectivity index is 1.70. The third kappa shape index (κ3) is 3.78. The van der Waals surface area contributed by atoms with Crippen LogP contribution < -0.4 is 10.6 Å². The van der Waals surface area contributed by atoms with Crippen LogP contribution in [-0.2, 0) is 11.3 Å². The molecule has 0 unspecified atom stereocenters. The second-order valence-corrected chi connectivity index (χ2v) is 6.58. The van der Waals surface area contributed by atoms with Crippen LogP contribution in [0.4, 0.5) is 5.13 Å². The molecule has 0 fully saturated rings. The molecule has 0 bridgehead atoms. The number of fused-ring (bicyclic) bond motifs is 1. The van der Waals surface area contributed by atoms with Crippen LogP contribution in [0.25, 0.3) is 10.2 Å². The van der Waals surface area contributed by atoms with E-state index < -0.39 is 0 Å². The van der Waals surface area contributed by atoms with Crippen molar-refractivity contribution in [2.75, 3.05) is 5.32 Å². The van der Waals surface area contributed by atoms with Gasteiger partial charge in [0.1, 0.15) is 0 Å². The van der Waals surface area contributed by atoms with Gasteiger partial charge in [-0.1, -0.05) is 29.5 Å². The van der Waals surface area contributed by atoms with E-state index in [9.17, 15) is 9.59 Å². The molecule has 2 amide bonds. The third-order valence-corrected chi connectivity index (χ3v) is 4.46. The molecule has 0 radical (unpaired) electrons. The molecule has 2 N–H and O–H groups in total. The van der Waals surface area contributed by atoms with Gasteiger partial charge < -0.3 is 5.32 Å². The molecule has 0 aliphatic carbocycles. The number of thiazole rings is 1. The first kappa shape index (κ1) is 16.1. The molecule has 5 nitrogen and oxygen atoms in total. The van der Waals surface area contributed by atoms with Crippen molar-refractivity contribution in [1.29, 1.82) is 0 Å². The molecule has 1 heterocycles. The minimum absolute atomic E-state index is 0.0807. The molecule has 1 aromatic heterocycles. The SMILES string of the molecule is CC(=O)NCc1ccc(C(=O)Nc2nc3ccc(C)cc3s2)cc1. The van der Waals surface area contributed by atoms with Gasteiger partial charge in [0, 0.05) is 19.0 Å². The van der Waals surface area contributed by atoms with Crippen LogP contribution >= 0.6 is 11.3 Å². The summed E-state index contributed by atoms with van der Waals surface area (Å²) < 4.78 is 1.05. The van der Waals surface area contributed by atoms with E-state index in [1.54, 1.807) is 12.1 Å². The quantitative estimate of drug-likeness (QED) is 0.764. The first-order valence-corrected chi connectivity index (χ1v) is 8.35. The third-order valence-electron chi connectivity index (χ3n) is 3.52. The molecule has 0 saturated heterocycles. The molecule has 0 aliphatic rings. The first-order valence-electron chi connectivity index (χ1n) is 7.53. The predicted molar refractivity (Wildman–Crippen MR) is 96.3 cm³/mol. The number of hydrogen-bond acceptors (Lipinski definition) is 4. The van der Waals surface area contributed by atoms with E-state index in [4.69, 9.17) is 0 Å². The van der Waals surface area contributed by atoms with Crippen LogP contribution in [0, 0.1) is 6.92 Å². The van der Waals surface area contributed by atoms with E-state index >= 15 is 0 Å². The largest absolute Gasteiger partial charge is 0.352 e. The zero-order valence-corrected chi connectivity index (χ0v) is 14.2. The van der Waals surface area contributed by atoms with E-state index in [0.717, 1.165) is 15.8 Å². The number of aromatic nitrogens is 1. The molecule has 0 aliphatic heterocycles. The zero-order valence-electron chi connectivity index (χ0n) is 13.4. The van der Waals surface area contributed by atoms with Crippen molar-refractivity contribution in [1.82, 2.24) is 10.3 Å². The van der Waals surface area contributed by atoms with Gasteiger partial charge in [-0.15, -0.1) is 0 Å². The molecule has 3 aromatic rings. The number of carbonyl (C=O) groups is 2. The maximum absolute atomic E-state index is 12.3. The summed E-state index contributed by atoms with van der Waals surface area (Å²) in [5.74, 6) is -0.278. The standard InChI is InChI=1S/C18H17N3O2S/c1-11-3-8-15-16(9-11)24-18(20-15)21-17(23)14-6-4-13(5-7-14)10-19-12(2)22/h3-9H,10H2,1-2H3,(H,19,22)(H,20,21,23). The van der Waals surface area contributed by atoms with Crippen molar-refractivity contribution < 1.29 is 9.59 Å². The summed E-state index contributed by atoms with van der Waals surface area (Å²) in [5.41, 5.74) is 3.54. The Morgan fingerprint density at radius 2 is 1.88 bits per heavy atom. The van der Waals surface area contributed by atoms with E-state index in [-0.39, 0.29) is 11.8 Å². The van der Waals surface area contributed by atoms with Crippen molar-refractivity contribution in [3.05, 3.63) is 59.2 Å². The molecule has 0 saturated carbocycles. The fourth-order valence-electron chi connectivity index (χ4n) is 2.26. The van der Waals surface area contributed by atoms with E-state index in [0.29, 0.717) is 17.2 Å². The van der Waals surface area contributed by atoms with Gasteiger partial charge in [-0.05, 0) is 42.3 Å². The minimum atomic E-state index is -0.197. The number of aryl methyl sites for hydroxylation is 1. The minimum Gasteiger partial charge on any atom is -0.352 e. The maximum atomic E-state index is 12.3. The molecule has 6 heteroatoms. The molecule has 0 spiro atoms. The van der Waals surface area contributed by atoms with Crippen LogP contribution in [0.2, 0.25) is 0 Å². The monoisotopic (exact) mass is 339 g/mol. The highest BCUT2D eigenvalue weighted by molar-refractivity contribution is 7.22. The maximum Gasteiger partial charge on any atom is 0.257 e. The number of benzene rings is 2. The number of hydrogen-bond donors (Lipinski definition) is 2. The number of nitrogens with one attached hydrogen (secondary N) is 2. The first-order chi connectivity index (χ1) is 11.5. The smallest absolute Gasteiger partial charge is 0.257 e. The molecule has 0 atom stereocenters. The van der Waals surface area contributed by atoms with Crippen molar-refractivity contribution in [2.24, 2.45) is 0 Å². The number of amides is 2. The highest BCUT2D eigenvalue weighted by Gasteiger charge is 2.10. The summed E-state index contributed by atoms with van der Waals surface area (Å²) in [7, 11) is 0. The summed E-state index contributed by atoms with van der Waals surface area (Å²) in [6.45, 7) is 3.95. The van der Waals surface area contributed by atoms with Gasteiger partial charge in [0.05, 0.1) is 10.2 Å². The summed E-state index contributed by atoms with van der Waals surface area (Å²) in [6.07, 6.45) is 0. The van der Waals surface area contributed by atoms with Crippen molar-refractivity contribution in [3.8, 4) is 0 Å². The zero-order chi connectivity index (χ0) is 17.1. The van der Waals surface area contributed by atoms with Crippen molar-refractivity contribution >= 4 is 38.5 Å². The lowest BCUT2D eigenvalue weighted by Crippen LogP contribution is -2.19. The van der Waals surface area contributed by atoms with Gasteiger partial charge in [0.25, 0.3) is 5.91 Å². The predicted octanol–water partition coefficient (Wildman–Crippen LogP) is 3.49. The molecule has 3 rings (SSSR count). The van der Waals surface area contributed by atoms with Crippen LogP contribution in [0.5, 0.6) is 0 Å². The molecule has 2 aromatic carbocycles. The van der Waals surface area contributed by atoms with E-state index in [1.165, 1.54) is 23.8 Å².